The lowest BCUT2D eigenvalue weighted by atomic mass is 10.1. The molecule has 0 aliphatic rings. The quantitative estimate of drug-likeness (QED) is 0.833. The largest absolute Gasteiger partial charge is 0.354 e. The Bertz CT molecular complexity index is 442. The van der Waals surface area contributed by atoms with Crippen molar-refractivity contribution in [1.82, 2.24) is 10.3 Å². The van der Waals surface area contributed by atoms with E-state index in [4.69, 9.17) is 0 Å². The van der Waals surface area contributed by atoms with E-state index in [0.717, 1.165) is 24.1 Å². The Morgan fingerprint density at radius 3 is 2.48 bits per heavy atom. The van der Waals surface area contributed by atoms with Crippen LogP contribution in [0.4, 0.5) is 14.6 Å². The SMILES string of the molecule is CCCc1cc(CNC(C)(C)C)cc(N(C)CC(F)F)n1. The summed E-state index contributed by atoms with van der Waals surface area (Å²) < 4.78 is 25.1. The third-order valence-corrected chi connectivity index (χ3v) is 3.06. The Balaban J connectivity index is 2.94. The Morgan fingerprint density at radius 2 is 1.95 bits per heavy atom. The summed E-state index contributed by atoms with van der Waals surface area (Å²) in [4.78, 5) is 6.00. The number of pyridine rings is 1. The highest BCUT2D eigenvalue weighted by molar-refractivity contribution is 5.42. The summed E-state index contributed by atoms with van der Waals surface area (Å²) in [6.45, 7) is 8.80. The molecule has 0 radical (unpaired) electrons. The van der Waals surface area contributed by atoms with E-state index in [-0.39, 0.29) is 12.1 Å². The zero-order valence-electron chi connectivity index (χ0n) is 13.7. The minimum Gasteiger partial charge on any atom is -0.354 e. The molecule has 0 spiro atoms. The fraction of sp³-hybridized carbons (Fsp3) is 0.688. The number of aryl methyl sites for hydroxylation is 1. The van der Waals surface area contributed by atoms with Gasteiger partial charge < -0.3 is 10.2 Å². The van der Waals surface area contributed by atoms with Gasteiger partial charge in [0.2, 0.25) is 0 Å². The van der Waals surface area contributed by atoms with Crippen molar-refractivity contribution in [3.05, 3.63) is 23.4 Å². The van der Waals surface area contributed by atoms with E-state index >= 15 is 0 Å². The molecule has 0 atom stereocenters. The molecule has 21 heavy (non-hydrogen) atoms. The molecule has 0 aliphatic carbocycles. The van der Waals surface area contributed by atoms with Crippen LogP contribution < -0.4 is 10.2 Å². The van der Waals surface area contributed by atoms with Gasteiger partial charge in [-0.15, -0.1) is 0 Å². The summed E-state index contributed by atoms with van der Waals surface area (Å²) in [6.07, 6.45) is -0.511. The van der Waals surface area contributed by atoms with Crippen LogP contribution in [0.15, 0.2) is 12.1 Å². The number of hydrogen-bond acceptors (Lipinski definition) is 3. The summed E-state index contributed by atoms with van der Waals surface area (Å²) >= 11 is 0. The maximum Gasteiger partial charge on any atom is 0.255 e. The minimum atomic E-state index is -2.36. The highest BCUT2D eigenvalue weighted by Gasteiger charge is 2.13. The third kappa shape index (κ3) is 6.85. The van der Waals surface area contributed by atoms with Gasteiger partial charge in [0, 0.05) is 24.8 Å². The van der Waals surface area contributed by atoms with E-state index in [2.05, 4.69) is 44.1 Å². The van der Waals surface area contributed by atoms with E-state index in [1.54, 1.807) is 7.05 Å². The maximum atomic E-state index is 12.5. The maximum absolute atomic E-state index is 12.5. The standard InChI is InChI=1S/C16H27F2N3/c1-6-7-13-8-12(10-19-16(2,3)4)9-15(20-13)21(5)11-14(17)18/h8-9,14,19H,6-7,10-11H2,1-5H3. The number of nitrogens with one attached hydrogen (secondary N) is 1. The van der Waals surface area contributed by atoms with Gasteiger partial charge in [-0.1, -0.05) is 13.3 Å². The highest BCUT2D eigenvalue weighted by atomic mass is 19.3. The number of anilines is 1. The Morgan fingerprint density at radius 1 is 1.29 bits per heavy atom. The first-order valence-electron chi connectivity index (χ1n) is 7.45. The molecule has 1 aromatic heterocycles. The van der Waals surface area contributed by atoms with Crippen LogP contribution in [0.3, 0.4) is 0 Å². The zero-order chi connectivity index (χ0) is 16.0. The second-order valence-electron chi connectivity index (χ2n) is 6.45. The summed E-state index contributed by atoms with van der Waals surface area (Å²) in [6, 6.07) is 3.95. The van der Waals surface area contributed by atoms with Gasteiger partial charge in [-0.2, -0.15) is 0 Å². The van der Waals surface area contributed by atoms with E-state index in [1.165, 1.54) is 4.90 Å². The van der Waals surface area contributed by atoms with Crippen LogP contribution in [-0.2, 0) is 13.0 Å². The smallest absolute Gasteiger partial charge is 0.255 e. The molecule has 0 saturated heterocycles. The Kier molecular flexibility index (Phi) is 6.52. The minimum absolute atomic E-state index is 0.0171. The van der Waals surface area contributed by atoms with Crippen LogP contribution in [0.1, 0.15) is 45.4 Å². The van der Waals surface area contributed by atoms with Gasteiger partial charge in [0.15, 0.2) is 0 Å². The lowest BCUT2D eigenvalue weighted by molar-refractivity contribution is 0.156. The normalized spacial score (nSPS) is 12.0. The summed E-state index contributed by atoms with van der Waals surface area (Å²) in [5.74, 6) is 0.618. The number of alkyl halides is 2. The van der Waals surface area contributed by atoms with Gasteiger partial charge in [-0.3, -0.25) is 0 Å². The van der Waals surface area contributed by atoms with Crippen molar-refractivity contribution < 1.29 is 8.78 Å². The fourth-order valence-corrected chi connectivity index (χ4v) is 1.98. The molecule has 0 unspecified atom stereocenters. The van der Waals surface area contributed by atoms with Crippen LogP contribution >= 0.6 is 0 Å². The van der Waals surface area contributed by atoms with Gasteiger partial charge in [0.05, 0.1) is 6.54 Å². The van der Waals surface area contributed by atoms with Crippen molar-refractivity contribution in [2.75, 3.05) is 18.5 Å². The molecule has 0 saturated carbocycles. The van der Waals surface area contributed by atoms with Crippen molar-refractivity contribution in [2.24, 2.45) is 0 Å². The third-order valence-electron chi connectivity index (χ3n) is 3.06. The van der Waals surface area contributed by atoms with E-state index in [1.807, 2.05) is 6.07 Å². The van der Waals surface area contributed by atoms with Crippen molar-refractivity contribution in [1.29, 1.82) is 0 Å². The highest BCUT2D eigenvalue weighted by Crippen LogP contribution is 2.17. The molecular weight excluding hydrogens is 272 g/mol. The van der Waals surface area contributed by atoms with Crippen LogP contribution in [0, 0.1) is 0 Å². The summed E-state index contributed by atoms with van der Waals surface area (Å²) in [7, 11) is 1.66. The van der Waals surface area contributed by atoms with Crippen LogP contribution in [-0.4, -0.2) is 30.5 Å². The van der Waals surface area contributed by atoms with Crippen molar-refractivity contribution in [2.45, 2.75) is 59.0 Å². The number of halogens is 2. The number of hydrogen-bond donors (Lipinski definition) is 1. The molecule has 0 aromatic carbocycles. The summed E-state index contributed by atoms with van der Waals surface area (Å²) in [5, 5.41) is 3.42. The van der Waals surface area contributed by atoms with Gasteiger partial charge in [0.25, 0.3) is 6.43 Å². The monoisotopic (exact) mass is 299 g/mol. The van der Waals surface area contributed by atoms with Crippen LogP contribution in [0.5, 0.6) is 0 Å². The Labute approximate surface area is 126 Å². The van der Waals surface area contributed by atoms with E-state index in [0.29, 0.717) is 12.4 Å². The molecule has 1 heterocycles. The van der Waals surface area contributed by atoms with Crippen molar-refractivity contribution >= 4 is 5.82 Å². The molecule has 0 amide bonds. The van der Waals surface area contributed by atoms with Crippen LogP contribution in [0.25, 0.3) is 0 Å². The predicted octanol–water partition coefficient (Wildman–Crippen LogP) is 3.62. The first-order valence-corrected chi connectivity index (χ1v) is 7.45. The topological polar surface area (TPSA) is 28.2 Å². The molecule has 120 valence electrons. The molecule has 1 rings (SSSR count). The second kappa shape index (κ2) is 7.69. The van der Waals surface area contributed by atoms with E-state index in [9.17, 15) is 8.78 Å². The van der Waals surface area contributed by atoms with Gasteiger partial charge in [0.1, 0.15) is 5.82 Å². The second-order valence-corrected chi connectivity index (χ2v) is 6.45. The summed E-state index contributed by atoms with van der Waals surface area (Å²) in [5.41, 5.74) is 2.06. The van der Waals surface area contributed by atoms with Gasteiger partial charge >= 0.3 is 0 Å². The average Bonchev–Trinajstić information content (AvgIpc) is 2.35. The number of aromatic nitrogens is 1. The lowest BCUT2D eigenvalue weighted by Gasteiger charge is -2.23. The average molecular weight is 299 g/mol. The van der Waals surface area contributed by atoms with Gasteiger partial charge in [-0.05, 0) is 44.9 Å². The predicted molar refractivity (Wildman–Crippen MR) is 84.1 cm³/mol. The Hall–Kier alpha value is -1.23. The molecule has 0 fully saturated rings. The first kappa shape index (κ1) is 17.8. The molecular formula is C16H27F2N3. The number of nitrogens with zero attached hydrogens (tertiary/aromatic N) is 2. The van der Waals surface area contributed by atoms with Crippen molar-refractivity contribution in [3.8, 4) is 0 Å². The van der Waals surface area contributed by atoms with Crippen LogP contribution in [0.2, 0.25) is 0 Å². The fourth-order valence-electron chi connectivity index (χ4n) is 1.98. The molecule has 0 aliphatic heterocycles. The van der Waals surface area contributed by atoms with Gasteiger partial charge in [-0.25, -0.2) is 13.8 Å². The molecule has 3 nitrogen and oxygen atoms in total. The molecule has 0 bridgehead atoms. The van der Waals surface area contributed by atoms with Crippen molar-refractivity contribution in [3.63, 3.8) is 0 Å². The molecule has 5 heteroatoms. The van der Waals surface area contributed by atoms with E-state index < -0.39 is 6.43 Å². The first-order chi connectivity index (χ1) is 9.71. The lowest BCUT2D eigenvalue weighted by Crippen LogP contribution is -2.35. The molecule has 1 N–H and O–H groups in total. The zero-order valence-corrected chi connectivity index (χ0v) is 13.7. The number of rotatable bonds is 7. The molecule has 1 aromatic rings.